The molecule has 1 saturated heterocycles. The van der Waals surface area contributed by atoms with Gasteiger partial charge in [0, 0.05) is 66.3 Å². The van der Waals surface area contributed by atoms with Gasteiger partial charge in [0.1, 0.15) is 17.4 Å². The Bertz CT molecular complexity index is 1360. The number of carbonyl (C=O) groups is 1. The van der Waals surface area contributed by atoms with E-state index >= 15 is 4.39 Å². The Morgan fingerprint density at radius 2 is 1.81 bits per heavy atom. The van der Waals surface area contributed by atoms with Crippen molar-refractivity contribution in [1.29, 1.82) is 0 Å². The minimum Gasteiger partial charge on any atom is -0.483 e. The van der Waals surface area contributed by atoms with Crippen LogP contribution in [0.4, 0.5) is 27.6 Å². The molecule has 0 saturated carbocycles. The van der Waals surface area contributed by atoms with E-state index in [0.29, 0.717) is 18.8 Å². The highest BCUT2D eigenvalue weighted by molar-refractivity contribution is 6.11. The molecule has 0 aliphatic carbocycles. The van der Waals surface area contributed by atoms with Crippen LogP contribution in [-0.2, 0) is 16.9 Å². The zero-order valence-electron chi connectivity index (χ0n) is 19.3. The number of nitrogens with zero attached hydrogens (tertiary/aromatic N) is 2. The molecule has 194 valence electrons. The Kier molecular flexibility index (Phi) is 6.36. The van der Waals surface area contributed by atoms with Gasteiger partial charge in [-0.3, -0.25) is 9.78 Å². The van der Waals surface area contributed by atoms with Crippen molar-refractivity contribution < 1.29 is 41.3 Å². The van der Waals surface area contributed by atoms with Crippen LogP contribution in [0, 0.1) is 11.6 Å². The molecule has 1 N–H and O–H groups in total. The van der Waals surface area contributed by atoms with Crippen LogP contribution in [0.3, 0.4) is 0 Å². The van der Waals surface area contributed by atoms with E-state index < -0.39 is 35.9 Å². The predicted octanol–water partition coefficient (Wildman–Crippen LogP) is 5.13. The van der Waals surface area contributed by atoms with Crippen molar-refractivity contribution in [2.75, 3.05) is 24.7 Å². The quantitative estimate of drug-likeness (QED) is 0.473. The summed E-state index contributed by atoms with van der Waals surface area (Å²) in [5.41, 5.74) is -0.182. The van der Waals surface area contributed by atoms with Gasteiger partial charge in [0.05, 0.1) is 17.8 Å². The number of benzene rings is 2. The maximum atomic E-state index is 15.1. The average Bonchev–Trinajstić information content (AvgIpc) is 3.19. The first-order chi connectivity index (χ1) is 17.6. The van der Waals surface area contributed by atoms with Crippen molar-refractivity contribution in [1.82, 2.24) is 4.98 Å². The van der Waals surface area contributed by atoms with Crippen LogP contribution in [0.15, 0.2) is 48.7 Å². The summed E-state index contributed by atoms with van der Waals surface area (Å²) in [4.78, 5) is 18.7. The number of carbonyl (C=O) groups excluding carboxylic acids is 1. The van der Waals surface area contributed by atoms with Gasteiger partial charge in [-0.15, -0.1) is 0 Å². The average molecular weight is 520 g/mol. The van der Waals surface area contributed by atoms with Crippen molar-refractivity contribution in [3.63, 3.8) is 0 Å². The number of pyridine rings is 1. The third-order valence-electron chi connectivity index (χ3n) is 6.52. The molecule has 1 fully saturated rings. The van der Waals surface area contributed by atoms with Gasteiger partial charge in [-0.05, 0) is 30.3 Å². The summed E-state index contributed by atoms with van der Waals surface area (Å²) in [6.45, 7) is -1.09. The standard InChI is InChI=1S/C26H21F5N2O4/c27-15-1-3-18(22(11-15)37-14-26(29,30)31)23-19-13-33(24(34)17(19)5-8-32-23)16-2-4-20(21(28)12-16)25(35)6-9-36-10-7-25/h1-5,8,11-12,35H,6-7,9-10,13-14H2. The van der Waals surface area contributed by atoms with E-state index in [4.69, 9.17) is 9.47 Å². The summed E-state index contributed by atoms with van der Waals surface area (Å²) in [5, 5.41) is 10.9. The van der Waals surface area contributed by atoms with Crippen LogP contribution in [0.5, 0.6) is 5.75 Å². The molecule has 3 heterocycles. The molecule has 1 aromatic heterocycles. The minimum atomic E-state index is -4.64. The highest BCUT2D eigenvalue weighted by atomic mass is 19.4. The molecule has 6 nitrogen and oxygen atoms in total. The smallest absolute Gasteiger partial charge is 0.422 e. The monoisotopic (exact) mass is 520 g/mol. The fourth-order valence-corrected chi connectivity index (χ4v) is 4.67. The van der Waals surface area contributed by atoms with Gasteiger partial charge in [-0.25, -0.2) is 8.78 Å². The fourth-order valence-electron chi connectivity index (χ4n) is 4.67. The SMILES string of the molecule is O=C1c2ccnc(-c3ccc(F)cc3OCC(F)(F)F)c2CN1c1ccc(C2(O)CCOCC2)c(F)c1. The molecule has 5 rings (SSSR count). The Balaban J connectivity index is 1.48. The molecule has 0 unspecified atom stereocenters. The number of aliphatic hydroxyl groups is 1. The summed E-state index contributed by atoms with van der Waals surface area (Å²) in [7, 11) is 0. The van der Waals surface area contributed by atoms with Crippen LogP contribution in [-0.4, -0.2) is 42.0 Å². The van der Waals surface area contributed by atoms with Crippen LogP contribution in [0.25, 0.3) is 11.3 Å². The first kappa shape index (κ1) is 25.1. The lowest BCUT2D eigenvalue weighted by Crippen LogP contribution is -2.34. The molecule has 2 aromatic carbocycles. The summed E-state index contributed by atoms with van der Waals surface area (Å²) in [5.74, 6) is -2.31. The van der Waals surface area contributed by atoms with Crippen molar-refractivity contribution in [3.8, 4) is 17.0 Å². The maximum Gasteiger partial charge on any atom is 0.422 e. The number of hydrogen-bond donors (Lipinski definition) is 1. The Hall–Kier alpha value is -3.57. The fraction of sp³-hybridized carbons (Fsp3) is 0.308. The zero-order valence-corrected chi connectivity index (χ0v) is 19.3. The lowest BCUT2D eigenvalue weighted by atomic mass is 9.86. The second-order valence-electron chi connectivity index (χ2n) is 8.93. The van der Waals surface area contributed by atoms with E-state index in [9.17, 15) is 27.5 Å². The molecule has 0 spiro atoms. The van der Waals surface area contributed by atoms with E-state index in [1.54, 1.807) is 0 Å². The molecular formula is C26H21F5N2O4. The second-order valence-corrected chi connectivity index (χ2v) is 8.93. The summed E-state index contributed by atoms with van der Waals surface area (Å²) in [6, 6.07) is 8.70. The number of hydrogen-bond acceptors (Lipinski definition) is 5. The number of rotatable bonds is 5. The van der Waals surface area contributed by atoms with E-state index in [2.05, 4.69) is 4.98 Å². The predicted molar refractivity (Wildman–Crippen MR) is 122 cm³/mol. The number of ether oxygens (including phenoxy) is 2. The third-order valence-corrected chi connectivity index (χ3v) is 6.52. The number of fused-ring (bicyclic) bond motifs is 1. The number of aromatic nitrogens is 1. The molecule has 37 heavy (non-hydrogen) atoms. The molecule has 0 bridgehead atoms. The topological polar surface area (TPSA) is 71.9 Å². The number of anilines is 1. The van der Waals surface area contributed by atoms with Gasteiger partial charge >= 0.3 is 6.18 Å². The Morgan fingerprint density at radius 3 is 2.51 bits per heavy atom. The van der Waals surface area contributed by atoms with E-state index in [1.165, 1.54) is 35.4 Å². The lowest BCUT2D eigenvalue weighted by molar-refractivity contribution is -0.153. The van der Waals surface area contributed by atoms with Gasteiger partial charge in [0.2, 0.25) is 0 Å². The molecule has 2 aliphatic heterocycles. The van der Waals surface area contributed by atoms with E-state index in [0.717, 1.165) is 18.2 Å². The molecule has 0 radical (unpaired) electrons. The number of halogens is 5. The van der Waals surface area contributed by atoms with Crippen molar-refractivity contribution >= 4 is 11.6 Å². The summed E-state index contributed by atoms with van der Waals surface area (Å²) in [6.07, 6.45) is -2.85. The van der Waals surface area contributed by atoms with E-state index in [-0.39, 0.29) is 53.2 Å². The normalized spacial score (nSPS) is 17.1. The van der Waals surface area contributed by atoms with E-state index in [1.807, 2.05) is 0 Å². The minimum absolute atomic E-state index is 0.0513. The molecule has 11 heteroatoms. The van der Waals surface area contributed by atoms with Crippen molar-refractivity contribution in [2.24, 2.45) is 0 Å². The number of amides is 1. The van der Waals surface area contributed by atoms with Gasteiger partial charge < -0.3 is 19.5 Å². The van der Waals surface area contributed by atoms with Crippen LogP contribution in [0.2, 0.25) is 0 Å². The number of alkyl halides is 3. The highest BCUT2D eigenvalue weighted by Crippen LogP contribution is 2.40. The highest BCUT2D eigenvalue weighted by Gasteiger charge is 2.36. The summed E-state index contributed by atoms with van der Waals surface area (Å²) >= 11 is 0. The largest absolute Gasteiger partial charge is 0.483 e. The molecule has 0 atom stereocenters. The molecule has 2 aliphatic rings. The van der Waals surface area contributed by atoms with Gasteiger partial charge in [0.25, 0.3) is 5.91 Å². The van der Waals surface area contributed by atoms with Crippen LogP contribution >= 0.6 is 0 Å². The first-order valence-corrected chi connectivity index (χ1v) is 11.5. The van der Waals surface area contributed by atoms with Gasteiger partial charge in [-0.1, -0.05) is 6.07 Å². The van der Waals surface area contributed by atoms with Gasteiger partial charge in [-0.2, -0.15) is 13.2 Å². The van der Waals surface area contributed by atoms with Crippen molar-refractivity contribution in [3.05, 3.63) is 77.0 Å². The zero-order chi connectivity index (χ0) is 26.4. The molecular weight excluding hydrogens is 499 g/mol. The Labute approximate surface area is 208 Å². The molecule has 1 amide bonds. The first-order valence-electron chi connectivity index (χ1n) is 11.5. The summed E-state index contributed by atoms with van der Waals surface area (Å²) < 4.78 is 77.3. The second kappa shape index (κ2) is 9.38. The Morgan fingerprint density at radius 1 is 1.05 bits per heavy atom. The van der Waals surface area contributed by atoms with Gasteiger partial charge in [0.15, 0.2) is 6.61 Å². The third kappa shape index (κ3) is 4.88. The van der Waals surface area contributed by atoms with Crippen molar-refractivity contribution in [2.45, 2.75) is 31.2 Å². The maximum absolute atomic E-state index is 15.1. The van der Waals surface area contributed by atoms with Crippen LogP contribution in [0.1, 0.15) is 34.3 Å². The lowest BCUT2D eigenvalue weighted by Gasteiger charge is -2.33. The van der Waals surface area contributed by atoms with Crippen LogP contribution < -0.4 is 9.64 Å². The molecule has 3 aromatic rings.